The van der Waals surface area contributed by atoms with Gasteiger partial charge in [0.1, 0.15) is 0 Å². The number of carbonyl (C=O) groups excluding carboxylic acids is 1. The summed E-state index contributed by atoms with van der Waals surface area (Å²) in [5, 5.41) is 1.24. The van der Waals surface area contributed by atoms with Crippen LogP contribution >= 0.6 is 0 Å². The number of ether oxygens (including phenoxy) is 1. The van der Waals surface area contributed by atoms with Crippen molar-refractivity contribution in [1.29, 1.82) is 0 Å². The Labute approximate surface area is 156 Å². The second kappa shape index (κ2) is 7.28. The Balaban J connectivity index is 1.98. The Kier molecular flexibility index (Phi) is 5.24. The number of rotatable bonds is 6. The SMILES string of the molecule is CC1=C(C)C(c2c(C)n(C)c3ccccc23)N(CCCOC(C)C)C1=O. The minimum atomic E-state index is 0.0210. The molecule has 140 valence electrons. The molecule has 1 aliphatic rings. The van der Waals surface area contributed by atoms with E-state index < -0.39 is 0 Å². The van der Waals surface area contributed by atoms with E-state index in [-0.39, 0.29) is 18.1 Å². The Bertz CT molecular complexity index is 860. The number of amides is 1. The maximum absolute atomic E-state index is 12.9. The number of aromatic nitrogens is 1. The summed E-state index contributed by atoms with van der Waals surface area (Å²) in [7, 11) is 2.10. The Morgan fingerprint density at radius 1 is 1.15 bits per heavy atom. The quantitative estimate of drug-likeness (QED) is 0.715. The van der Waals surface area contributed by atoms with Gasteiger partial charge in [0.2, 0.25) is 5.91 Å². The molecule has 0 saturated heterocycles. The summed E-state index contributed by atoms with van der Waals surface area (Å²) >= 11 is 0. The molecule has 0 aliphatic carbocycles. The average Bonchev–Trinajstić information content (AvgIpc) is 2.98. The molecule has 1 unspecified atom stereocenters. The van der Waals surface area contributed by atoms with E-state index in [1.165, 1.54) is 27.7 Å². The zero-order valence-electron chi connectivity index (χ0n) is 16.8. The normalized spacial score (nSPS) is 18.0. The monoisotopic (exact) mass is 354 g/mol. The van der Waals surface area contributed by atoms with E-state index in [4.69, 9.17) is 4.74 Å². The summed E-state index contributed by atoms with van der Waals surface area (Å²) < 4.78 is 7.91. The van der Waals surface area contributed by atoms with Crippen LogP contribution in [-0.2, 0) is 16.6 Å². The van der Waals surface area contributed by atoms with Crippen molar-refractivity contribution in [3.8, 4) is 0 Å². The maximum atomic E-state index is 12.9. The zero-order chi connectivity index (χ0) is 19.0. The van der Waals surface area contributed by atoms with Crippen molar-refractivity contribution in [2.24, 2.45) is 7.05 Å². The van der Waals surface area contributed by atoms with Gasteiger partial charge >= 0.3 is 0 Å². The van der Waals surface area contributed by atoms with E-state index in [1.54, 1.807) is 0 Å². The predicted octanol–water partition coefficient (Wildman–Crippen LogP) is 4.52. The van der Waals surface area contributed by atoms with E-state index >= 15 is 0 Å². The summed E-state index contributed by atoms with van der Waals surface area (Å²) in [5.74, 6) is 0.157. The lowest BCUT2D eigenvalue weighted by Gasteiger charge is -2.27. The van der Waals surface area contributed by atoms with Gasteiger partial charge in [-0.15, -0.1) is 0 Å². The lowest BCUT2D eigenvalue weighted by molar-refractivity contribution is -0.127. The first-order valence-electron chi connectivity index (χ1n) is 9.48. The molecule has 3 rings (SSSR count). The first-order valence-corrected chi connectivity index (χ1v) is 9.48. The molecule has 1 aliphatic heterocycles. The largest absolute Gasteiger partial charge is 0.379 e. The predicted molar refractivity (Wildman–Crippen MR) is 106 cm³/mol. The standard InChI is InChI=1S/C22H30N2O2/c1-14(2)26-13-9-12-24-21(15(3)16(4)22(24)25)20-17(5)23(6)19-11-8-7-10-18(19)20/h7-8,10-11,14,21H,9,12-13H2,1-6H3. The summed E-state index contributed by atoms with van der Waals surface area (Å²) in [4.78, 5) is 14.9. The molecule has 0 bridgehead atoms. The van der Waals surface area contributed by atoms with Crippen molar-refractivity contribution >= 4 is 16.8 Å². The van der Waals surface area contributed by atoms with Crippen LogP contribution in [0.15, 0.2) is 35.4 Å². The second-order valence-electron chi connectivity index (χ2n) is 7.56. The number of benzene rings is 1. The van der Waals surface area contributed by atoms with Gasteiger partial charge < -0.3 is 14.2 Å². The van der Waals surface area contributed by atoms with Crippen LogP contribution in [0, 0.1) is 6.92 Å². The minimum absolute atomic E-state index is 0.0210. The van der Waals surface area contributed by atoms with Crippen LogP contribution < -0.4 is 0 Å². The highest BCUT2D eigenvalue weighted by Crippen LogP contribution is 2.42. The Morgan fingerprint density at radius 3 is 2.54 bits per heavy atom. The topological polar surface area (TPSA) is 34.5 Å². The molecule has 4 heteroatoms. The van der Waals surface area contributed by atoms with Gasteiger partial charge in [-0.05, 0) is 52.7 Å². The molecule has 4 nitrogen and oxygen atoms in total. The molecule has 0 spiro atoms. The van der Waals surface area contributed by atoms with Crippen molar-refractivity contribution in [3.63, 3.8) is 0 Å². The molecule has 1 aromatic heterocycles. The fraction of sp³-hybridized carbons (Fsp3) is 0.500. The molecule has 0 fully saturated rings. The number of fused-ring (bicyclic) bond motifs is 1. The van der Waals surface area contributed by atoms with Gasteiger partial charge in [0.15, 0.2) is 0 Å². The lowest BCUT2D eigenvalue weighted by atomic mass is 9.96. The van der Waals surface area contributed by atoms with E-state index in [0.29, 0.717) is 13.2 Å². The van der Waals surface area contributed by atoms with Crippen LogP contribution in [0.2, 0.25) is 0 Å². The zero-order valence-corrected chi connectivity index (χ0v) is 16.8. The fourth-order valence-electron chi connectivity index (χ4n) is 3.99. The molecule has 26 heavy (non-hydrogen) atoms. The van der Waals surface area contributed by atoms with E-state index in [9.17, 15) is 4.79 Å². The molecule has 1 aromatic carbocycles. The van der Waals surface area contributed by atoms with E-state index in [1.807, 2.05) is 25.7 Å². The number of para-hydroxylation sites is 1. The highest BCUT2D eigenvalue weighted by Gasteiger charge is 2.37. The summed E-state index contributed by atoms with van der Waals surface area (Å²) in [6.07, 6.45) is 1.08. The van der Waals surface area contributed by atoms with E-state index in [2.05, 4.69) is 49.7 Å². The summed E-state index contributed by atoms with van der Waals surface area (Å²) in [6.45, 7) is 11.7. The Morgan fingerprint density at radius 2 is 1.85 bits per heavy atom. The molecule has 0 N–H and O–H groups in total. The second-order valence-corrected chi connectivity index (χ2v) is 7.56. The van der Waals surface area contributed by atoms with Crippen LogP contribution in [0.5, 0.6) is 0 Å². The molecule has 2 aromatic rings. The highest BCUT2D eigenvalue weighted by atomic mass is 16.5. The lowest BCUT2D eigenvalue weighted by Crippen LogP contribution is -2.32. The highest BCUT2D eigenvalue weighted by molar-refractivity contribution is 5.98. The van der Waals surface area contributed by atoms with Gasteiger partial charge in [0, 0.05) is 47.9 Å². The van der Waals surface area contributed by atoms with Gasteiger partial charge in [0.25, 0.3) is 0 Å². The third-order valence-corrected chi connectivity index (χ3v) is 5.61. The summed E-state index contributed by atoms with van der Waals surface area (Å²) in [6, 6.07) is 8.49. The first-order chi connectivity index (χ1) is 12.3. The Hall–Kier alpha value is -2.07. The van der Waals surface area contributed by atoms with Crippen molar-refractivity contribution in [2.75, 3.05) is 13.2 Å². The summed E-state index contributed by atoms with van der Waals surface area (Å²) in [5.41, 5.74) is 5.75. The van der Waals surface area contributed by atoms with Crippen molar-refractivity contribution in [3.05, 3.63) is 46.7 Å². The molecule has 0 saturated carbocycles. The van der Waals surface area contributed by atoms with Crippen molar-refractivity contribution in [1.82, 2.24) is 9.47 Å². The van der Waals surface area contributed by atoms with E-state index in [0.717, 1.165) is 12.0 Å². The van der Waals surface area contributed by atoms with Gasteiger partial charge in [0.05, 0.1) is 12.1 Å². The van der Waals surface area contributed by atoms with Crippen molar-refractivity contribution < 1.29 is 9.53 Å². The molecule has 2 heterocycles. The van der Waals surface area contributed by atoms with Gasteiger partial charge in [-0.2, -0.15) is 0 Å². The number of hydrogen-bond donors (Lipinski definition) is 0. The third-order valence-electron chi connectivity index (χ3n) is 5.61. The average molecular weight is 354 g/mol. The number of hydrogen-bond acceptors (Lipinski definition) is 2. The smallest absolute Gasteiger partial charge is 0.250 e. The van der Waals surface area contributed by atoms with Crippen LogP contribution in [0.3, 0.4) is 0 Å². The molecule has 1 atom stereocenters. The van der Waals surface area contributed by atoms with Crippen LogP contribution in [0.25, 0.3) is 10.9 Å². The maximum Gasteiger partial charge on any atom is 0.250 e. The molecular weight excluding hydrogens is 324 g/mol. The fourth-order valence-corrected chi connectivity index (χ4v) is 3.99. The first kappa shape index (κ1) is 18.7. The number of aryl methyl sites for hydroxylation is 1. The van der Waals surface area contributed by atoms with Gasteiger partial charge in [-0.1, -0.05) is 18.2 Å². The van der Waals surface area contributed by atoms with Gasteiger partial charge in [-0.25, -0.2) is 0 Å². The molecule has 1 amide bonds. The number of carbonyl (C=O) groups is 1. The number of nitrogens with zero attached hydrogens (tertiary/aromatic N) is 2. The van der Waals surface area contributed by atoms with Crippen LogP contribution in [0.1, 0.15) is 51.4 Å². The van der Waals surface area contributed by atoms with Crippen molar-refractivity contribution in [2.45, 2.75) is 53.2 Å². The van der Waals surface area contributed by atoms with Gasteiger partial charge in [-0.3, -0.25) is 4.79 Å². The third kappa shape index (κ3) is 3.07. The van der Waals surface area contributed by atoms with Crippen LogP contribution in [-0.4, -0.2) is 34.6 Å². The molecular formula is C22H30N2O2. The van der Waals surface area contributed by atoms with Crippen LogP contribution in [0.4, 0.5) is 0 Å². The molecule has 0 radical (unpaired) electrons. The minimum Gasteiger partial charge on any atom is -0.379 e.